The van der Waals surface area contributed by atoms with Crippen molar-refractivity contribution in [2.24, 2.45) is 5.92 Å². The van der Waals surface area contributed by atoms with Gasteiger partial charge in [0.2, 0.25) is 0 Å². The molecule has 74 valence electrons. The lowest BCUT2D eigenvalue weighted by Gasteiger charge is -2.03. The number of aromatic nitrogens is 2. The molecule has 0 bridgehead atoms. The SMILES string of the molecule is CNCc1cnn(CCC(C)C)c1. The quantitative estimate of drug-likeness (QED) is 0.748. The maximum absolute atomic E-state index is 4.28. The summed E-state index contributed by atoms with van der Waals surface area (Å²) in [4.78, 5) is 0. The Morgan fingerprint density at radius 2 is 2.31 bits per heavy atom. The molecule has 0 saturated heterocycles. The minimum absolute atomic E-state index is 0.747. The number of nitrogens with zero attached hydrogens (tertiary/aromatic N) is 2. The van der Waals surface area contributed by atoms with Crippen LogP contribution in [0.2, 0.25) is 0 Å². The third kappa shape index (κ3) is 3.59. The second-order valence-corrected chi connectivity index (χ2v) is 3.82. The lowest BCUT2D eigenvalue weighted by atomic mass is 10.1. The Morgan fingerprint density at radius 3 is 2.92 bits per heavy atom. The van der Waals surface area contributed by atoms with E-state index in [4.69, 9.17) is 0 Å². The average Bonchev–Trinajstić information content (AvgIpc) is 2.50. The van der Waals surface area contributed by atoms with Crippen molar-refractivity contribution >= 4 is 0 Å². The third-order valence-electron chi connectivity index (χ3n) is 2.00. The van der Waals surface area contributed by atoms with E-state index in [2.05, 4.69) is 30.5 Å². The molecule has 0 spiro atoms. The van der Waals surface area contributed by atoms with Crippen LogP contribution in [0.1, 0.15) is 25.8 Å². The number of nitrogens with one attached hydrogen (secondary N) is 1. The average molecular weight is 181 g/mol. The van der Waals surface area contributed by atoms with E-state index in [1.165, 1.54) is 12.0 Å². The van der Waals surface area contributed by atoms with Crippen molar-refractivity contribution in [3.05, 3.63) is 18.0 Å². The summed E-state index contributed by atoms with van der Waals surface area (Å²) in [6.07, 6.45) is 5.23. The Bertz CT molecular complexity index is 240. The number of hydrogen-bond acceptors (Lipinski definition) is 2. The number of rotatable bonds is 5. The van der Waals surface area contributed by atoms with Crippen molar-refractivity contribution in [1.82, 2.24) is 15.1 Å². The van der Waals surface area contributed by atoms with Gasteiger partial charge in [-0.05, 0) is 19.4 Å². The van der Waals surface area contributed by atoms with Gasteiger partial charge in [-0.15, -0.1) is 0 Å². The van der Waals surface area contributed by atoms with Gasteiger partial charge in [-0.1, -0.05) is 13.8 Å². The van der Waals surface area contributed by atoms with Gasteiger partial charge in [-0.25, -0.2) is 0 Å². The van der Waals surface area contributed by atoms with Crippen LogP contribution in [0.3, 0.4) is 0 Å². The van der Waals surface area contributed by atoms with Gasteiger partial charge < -0.3 is 5.32 Å². The van der Waals surface area contributed by atoms with Gasteiger partial charge in [0.05, 0.1) is 6.20 Å². The summed E-state index contributed by atoms with van der Waals surface area (Å²) >= 11 is 0. The van der Waals surface area contributed by atoms with Gasteiger partial charge >= 0.3 is 0 Å². The van der Waals surface area contributed by atoms with Gasteiger partial charge in [0.1, 0.15) is 0 Å². The minimum atomic E-state index is 0.747. The summed E-state index contributed by atoms with van der Waals surface area (Å²) in [5, 5.41) is 7.39. The van der Waals surface area contributed by atoms with E-state index in [0.29, 0.717) is 0 Å². The van der Waals surface area contributed by atoms with Crippen LogP contribution in [0, 0.1) is 5.92 Å². The van der Waals surface area contributed by atoms with Crippen molar-refractivity contribution < 1.29 is 0 Å². The predicted molar refractivity (Wildman–Crippen MR) is 54.4 cm³/mol. The lowest BCUT2D eigenvalue weighted by Crippen LogP contribution is -2.04. The van der Waals surface area contributed by atoms with Crippen molar-refractivity contribution in [3.8, 4) is 0 Å². The molecular weight excluding hydrogens is 162 g/mol. The van der Waals surface area contributed by atoms with Crippen LogP contribution >= 0.6 is 0 Å². The fourth-order valence-corrected chi connectivity index (χ4v) is 1.21. The molecule has 0 aliphatic heterocycles. The van der Waals surface area contributed by atoms with E-state index in [1.54, 1.807) is 0 Å². The molecule has 0 radical (unpaired) electrons. The van der Waals surface area contributed by atoms with Crippen LogP contribution in [-0.4, -0.2) is 16.8 Å². The Hall–Kier alpha value is -0.830. The van der Waals surface area contributed by atoms with E-state index in [-0.39, 0.29) is 0 Å². The minimum Gasteiger partial charge on any atom is -0.316 e. The standard InChI is InChI=1S/C10H19N3/c1-9(2)4-5-13-8-10(6-11-3)7-12-13/h7-9,11H,4-6H2,1-3H3. The molecule has 0 atom stereocenters. The Labute approximate surface area is 80.1 Å². The highest BCUT2D eigenvalue weighted by Crippen LogP contribution is 2.03. The van der Waals surface area contributed by atoms with E-state index >= 15 is 0 Å². The molecule has 1 heterocycles. The molecule has 3 nitrogen and oxygen atoms in total. The first-order valence-electron chi connectivity index (χ1n) is 4.88. The molecule has 0 aliphatic carbocycles. The molecule has 1 N–H and O–H groups in total. The van der Waals surface area contributed by atoms with E-state index in [1.807, 2.05) is 17.9 Å². The molecule has 0 fully saturated rings. The zero-order valence-corrected chi connectivity index (χ0v) is 8.75. The summed E-state index contributed by atoms with van der Waals surface area (Å²) in [5.74, 6) is 0.747. The van der Waals surface area contributed by atoms with Crippen LogP contribution in [0.25, 0.3) is 0 Å². The zero-order chi connectivity index (χ0) is 9.68. The normalized spacial score (nSPS) is 11.1. The monoisotopic (exact) mass is 181 g/mol. The van der Waals surface area contributed by atoms with Crippen LogP contribution < -0.4 is 5.32 Å². The largest absolute Gasteiger partial charge is 0.316 e. The summed E-state index contributed by atoms with van der Waals surface area (Å²) < 4.78 is 2.02. The smallest absolute Gasteiger partial charge is 0.0534 e. The fraction of sp³-hybridized carbons (Fsp3) is 0.700. The first kappa shape index (κ1) is 10.3. The highest BCUT2D eigenvalue weighted by Gasteiger charge is 1.98. The van der Waals surface area contributed by atoms with Crippen LogP contribution in [-0.2, 0) is 13.1 Å². The number of hydrogen-bond donors (Lipinski definition) is 1. The van der Waals surface area contributed by atoms with Crippen molar-refractivity contribution in [1.29, 1.82) is 0 Å². The molecule has 0 aliphatic rings. The molecule has 3 heteroatoms. The summed E-state index contributed by atoms with van der Waals surface area (Å²) in [7, 11) is 1.95. The van der Waals surface area contributed by atoms with Crippen LogP contribution in [0.15, 0.2) is 12.4 Å². The van der Waals surface area contributed by atoms with E-state index in [0.717, 1.165) is 19.0 Å². The first-order valence-corrected chi connectivity index (χ1v) is 4.88. The molecule has 0 amide bonds. The highest BCUT2D eigenvalue weighted by atomic mass is 15.3. The van der Waals surface area contributed by atoms with Gasteiger partial charge in [0, 0.05) is 24.8 Å². The Morgan fingerprint density at radius 1 is 1.54 bits per heavy atom. The fourth-order valence-electron chi connectivity index (χ4n) is 1.21. The highest BCUT2D eigenvalue weighted by molar-refractivity contribution is 5.02. The van der Waals surface area contributed by atoms with E-state index in [9.17, 15) is 0 Å². The van der Waals surface area contributed by atoms with Gasteiger partial charge in [-0.3, -0.25) is 4.68 Å². The predicted octanol–water partition coefficient (Wildman–Crippen LogP) is 1.65. The molecule has 0 saturated carbocycles. The van der Waals surface area contributed by atoms with Gasteiger partial charge in [-0.2, -0.15) is 5.10 Å². The molecular formula is C10H19N3. The van der Waals surface area contributed by atoms with Crippen molar-refractivity contribution in [3.63, 3.8) is 0 Å². The second-order valence-electron chi connectivity index (χ2n) is 3.82. The third-order valence-corrected chi connectivity index (χ3v) is 2.00. The second kappa shape index (κ2) is 5.02. The zero-order valence-electron chi connectivity index (χ0n) is 8.75. The molecule has 0 aromatic carbocycles. The maximum Gasteiger partial charge on any atom is 0.0534 e. The Kier molecular flexibility index (Phi) is 3.96. The molecule has 1 rings (SSSR count). The van der Waals surface area contributed by atoms with Gasteiger partial charge in [0.25, 0.3) is 0 Å². The number of aryl methyl sites for hydroxylation is 1. The van der Waals surface area contributed by atoms with E-state index < -0.39 is 0 Å². The summed E-state index contributed by atoms with van der Waals surface area (Å²) in [6.45, 7) is 6.40. The van der Waals surface area contributed by atoms with Crippen molar-refractivity contribution in [2.45, 2.75) is 33.4 Å². The van der Waals surface area contributed by atoms with Crippen molar-refractivity contribution in [2.75, 3.05) is 7.05 Å². The molecule has 0 unspecified atom stereocenters. The summed E-state index contributed by atoms with van der Waals surface area (Å²) in [6, 6.07) is 0. The molecule has 13 heavy (non-hydrogen) atoms. The maximum atomic E-state index is 4.28. The molecule has 1 aromatic heterocycles. The molecule has 1 aromatic rings. The van der Waals surface area contributed by atoms with Crippen LogP contribution in [0.5, 0.6) is 0 Å². The Balaban J connectivity index is 2.39. The van der Waals surface area contributed by atoms with Gasteiger partial charge in [0.15, 0.2) is 0 Å². The lowest BCUT2D eigenvalue weighted by molar-refractivity contribution is 0.487. The topological polar surface area (TPSA) is 29.9 Å². The van der Waals surface area contributed by atoms with Crippen LogP contribution in [0.4, 0.5) is 0 Å². The first-order chi connectivity index (χ1) is 6.22. The summed E-state index contributed by atoms with van der Waals surface area (Å²) in [5.41, 5.74) is 1.26.